The molecule has 0 aliphatic rings. The molecule has 0 fully saturated rings. The lowest BCUT2D eigenvalue weighted by Crippen LogP contribution is -2.22. The first-order valence-corrected chi connectivity index (χ1v) is 8.90. The van der Waals surface area contributed by atoms with E-state index in [4.69, 9.17) is 0 Å². The molecule has 9 heteroatoms. The van der Waals surface area contributed by atoms with Crippen molar-refractivity contribution in [2.45, 2.75) is 13.3 Å². The Morgan fingerprint density at radius 1 is 1.10 bits per heavy atom. The van der Waals surface area contributed by atoms with Crippen molar-refractivity contribution < 1.29 is 18.9 Å². The molecule has 30 heavy (non-hydrogen) atoms. The minimum Gasteiger partial charge on any atom is -0.323 e. The van der Waals surface area contributed by atoms with Crippen LogP contribution in [0.15, 0.2) is 65.8 Å². The number of hydrogen-bond donors (Lipinski definition) is 2. The van der Waals surface area contributed by atoms with E-state index in [1.807, 2.05) is 30.3 Å². The average Bonchev–Trinajstić information content (AvgIpc) is 2.73. The van der Waals surface area contributed by atoms with E-state index in [9.17, 15) is 24.1 Å². The highest BCUT2D eigenvalue weighted by Gasteiger charge is 2.14. The molecule has 0 atom stereocenters. The van der Waals surface area contributed by atoms with Crippen LogP contribution in [0.2, 0.25) is 0 Å². The molecule has 0 radical (unpaired) electrons. The summed E-state index contributed by atoms with van der Waals surface area (Å²) >= 11 is 0. The molecule has 0 heterocycles. The maximum atomic E-state index is 13.8. The number of hydrogen-bond acceptors (Lipinski definition) is 5. The molecule has 0 spiro atoms. The largest absolute Gasteiger partial charge is 0.323 e. The zero-order valence-electron chi connectivity index (χ0n) is 15.9. The third-order valence-corrected chi connectivity index (χ3v) is 4.23. The number of nitrogens with one attached hydrogen (secondary N) is 2. The SMILES string of the molecule is CC(CC(=O)Nc1cc([N+](=O)[O-])ccc1F)=NNC(=O)c1cccc2ccccc12. The number of anilines is 1. The van der Waals surface area contributed by atoms with Crippen molar-refractivity contribution in [3.8, 4) is 0 Å². The first-order chi connectivity index (χ1) is 14.3. The second kappa shape index (κ2) is 8.91. The molecule has 0 saturated carbocycles. The first kappa shape index (κ1) is 20.6. The highest BCUT2D eigenvalue weighted by Crippen LogP contribution is 2.21. The molecule has 0 bridgehead atoms. The second-order valence-electron chi connectivity index (χ2n) is 6.46. The highest BCUT2D eigenvalue weighted by molar-refractivity contribution is 6.08. The Morgan fingerprint density at radius 3 is 2.60 bits per heavy atom. The Bertz CT molecular complexity index is 1170. The quantitative estimate of drug-likeness (QED) is 0.364. The standard InChI is InChI=1S/C21H17FN4O4/c1-13(11-20(27)23-19-12-15(26(29)30)9-10-18(19)22)24-25-21(28)17-8-4-6-14-5-2-3-7-16(14)17/h2-10,12H,11H2,1H3,(H,23,27)(H,25,28). The van der Waals surface area contributed by atoms with Gasteiger partial charge in [-0.05, 0) is 29.8 Å². The summed E-state index contributed by atoms with van der Waals surface area (Å²) in [6.45, 7) is 1.52. The van der Waals surface area contributed by atoms with Gasteiger partial charge in [0.05, 0.1) is 17.0 Å². The van der Waals surface area contributed by atoms with Crippen LogP contribution in [0.1, 0.15) is 23.7 Å². The van der Waals surface area contributed by atoms with Crippen molar-refractivity contribution in [1.82, 2.24) is 5.43 Å². The number of halogens is 1. The summed E-state index contributed by atoms with van der Waals surface area (Å²) in [5, 5.41) is 18.6. The molecule has 3 rings (SSSR count). The van der Waals surface area contributed by atoms with E-state index < -0.39 is 22.6 Å². The summed E-state index contributed by atoms with van der Waals surface area (Å²) in [5.74, 6) is -1.86. The van der Waals surface area contributed by atoms with E-state index in [-0.39, 0.29) is 23.5 Å². The van der Waals surface area contributed by atoms with Gasteiger partial charge in [0.15, 0.2) is 0 Å². The van der Waals surface area contributed by atoms with Gasteiger partial charge < -0.3 is 5.32 Å². The van der Waals surface area contributed by atoms with Crippen molar-refractivity contribution in [3.63, 3.8) is 0 Å². The number of amides is 2. The van der Waals surface area contributed by atoms with Gasteiger partial charge >= 0.3 is 0 Å². The number of fused-ring (bicyclic) bond motifs is 1. The molecule has 0 unspecified atom stereocenters. The molecule has 3 aromatic carbocycles. The van der Waals surface area contributed by atoms with Gasteiger partial charge in [0, 0.05) is 23.4 Å². The van der Waals surface area contributed by atoms with Gasteiger partial charge in [-0.15, -0.1) is 0 Å². The van der Waals surface area contributed by atoms with Crippen LogP contribution < -0.4 is 10.7 Å². The molecule has 152 valence electrons. The normalized spacial score (nSPS) is 11.2. The smallest absolute Gasteiger partial charge is 0.271 e. The van der Waals surface area contributed by atoms with Gasteiger partial charge in [-0.25, -0.2) is 9.82 Å². The van der Waals surface area contributed by atoms with Crippen molar-refractivity contribution in [3.05, 3.63) is 82.2 Å². The lowest BCUT2D eigenvalue weighted by Gasteiger charge is -2.07. The van der Waals surface area contributed by atoms with Crippen LogP contribution in [-0.2, 0) is 4.79 Å². The Morgan fingerprint density at radius 2 is 1.83 bits per heavy atom. The molecule has 2 amide bonds. The summed E-state index contributed by atoms with van der Waals surface area (Å²) < 4.78 is 13.8. The van der Waals surface area contributed by atoms with Crippen LogP contribution in [-0.4, -0.2) is 22.4 Å². The highest BCUT2D eigenvalue weighted by atomic mass is 19.1. The van der Waals surface area contributed by atoms with Crippen LogP contribution in [0.5, 0.6) is 0 Å². The van der Waals surface area contributed by atoms with Gasteiger partial charge in [0.25, 0.3) is 11.6 Å². The number of carbonyl (C=O) groups is 2. The minimum atomic E-state index is -0.798. The Hall–Kier alpha value is -4.14. The molecule has 3 aromatic rings. The van der Waals surface area contributed by atoms with Crippen LogP contribution in [0.4, 0.5) is 15.8 Å². The fourth-order valence-corrected chi connectivity index (χ4v) is 2.82. The summed E-state index contributed by atoms with van der Waals surface area (Å²) in [4.78, 5) is 34.7. The molecular formula is C21H17FN4O4. The van der Waals surface area contributed by atoms with Gasteiger partial charge in [0.1, 0.15) is 5.82 Å². The van der Waals surface area contributed by atoms with Crippen LogP contribution >= 0.6 is 0 Å². The van der Waals surface area contributed by atoms with E-state index in [1.54, 1.807) is 12.1 Å². The number of rotatable bonds is 6. The monoisotopic (exact) mass is 408 g/mol. The molecular weight excluding hydrogens is 391 g/mol. The third kappa shape index (κ3) is 4.82. The average molecular weight is 408 g/mol. The predicted octanol–water partition coefficient (Wildman–Crippen LogP) is 4.02. The van der Waals surface area contributed by atoms with Crippen molar-refractivity contribution in [2.24, 2.45) is 5.10 Å². The zero-order chi connectivity index (χ0) is 21.7. The number of nitrogens with zero attached hydrogens (tertiary/aromatic N) is 2. The third-order valence-electron chi connectivity index (χ3n) is 4.23. The Labute approximate surface area is 170 Å². The zero-order valence-corrected chi connectivity index (χ0v) is 15.9. The fraction of sp³-hybridized carbons (Fsp3) is 0.0952. The number of hydrazone groups is 1. The van der Waals surface area contributed by atoms with E-state index in [2.05, 4.69) is 15.8 Å². The maximum absolute atomic E-state index is 13.8. The summed E-state index contributed by atoms with van der Waals surface area (Å²) in [6.07, 6.45) is -0.238. The number of benzene rings is 3. The van der Waals surface area contributed by atoms with E-state index in [0.717, 1.165) is 29.0 Å². The molecule has 0 saturated heterocycles. The molecule has 0 aliphatic carbocycles. The second-order valence-corrected chi connectivity index (χ2v) is 6.46. The van der Waals surface area contributed by atoms with E-state index in [1.165, 1.54) is 6.92 Å². The summed E-state index contributed by atoms with van der Waals surface area (Å²) in [6, 6.07) is 15.6. The van der Waals surface area contributed by atoms with E-state index in [0.29, 0.717) is 5.56 Å². The lowest BCUT2D eigenvalue weighted by atomic mass is 10.0. The number of carbonyl (C=O) groups excluding carboxylic acids is 2. The number of nitro benzene ring substituents is 1. The molecule has 2 N–H and O–H groups in total. The Balaban J connectivity index is 1.65. The maximum Gasteiger partial charge on any atom is 0.271 e. The minimum absolute atomic E-state index is 0.238. The van der Waals surface area contributed by atoms with Gasteiger partial charge in [0.2, 0.25) is 5.91 Å². The van der Waals surface area contributed by atoms with Crippen LogP contribution in [0.3, 0.4) is 0 Å². The summed E-state index contributed by atoms with van der Waals surface area (Å²) in [5.41, 5.74) is 2.46. The molecule has 0 aromatic heterocycles. The fourth-order valence-electron chi connectivity index (χ4n) is 2.82. The van der Waals surface area contributed by atoms with Crippen LogP contribution in [0, 0.1) is 15.9 Å². The van der Waals surface area contributed by atoms with Crippen molar-refractivity contribution >= 4 is 39.7 Å². The summed E-state index contributed by atoms with van der Waals surface area (Å²) in [7, 11) is 0. The first-order valence-electron chi connectivity index (χ1n) is 8.90. The topological polar surface area (TPSA) is 114 Å². The number of non-ortho nitro benzene ring substituents is 1. The van der Waals surface area contributed by atoms with Gasteiger partial charge in [-0.1, -0.05) is 36.4 Å². The lowest BCUT2D eigenvalue weighted by molar-refractivity contribution is -0.384. The van der Waals surface area contributed by atoms with Crippen molar-refractivity contribution in [1.29, 1.82) is 0 Å². The molecule has 0 aliphatic heterocycles. The Kier molecular flexibility index (Phi) is 6.11. The van der Waals surface area contributed by atoms with Gasteiger partial charge in [-0.3, -0.25) is 19.7 Å². The van der Waals surface area contributed by atoms with Crippen molar-refractivity contribution in [2.75, 3.05) is 5.32 Å². The van der Waals surface area contributed by atoms with Gasteiger partial charge in [-0.2, -0.15) is 5.10 Å². The number of nitro groups is 1. The van der Waals surface area contributed by atoms with E-state index >= 15 is 0 Å². The predicted molar refractivity (Wildman–Crippen MR) is 111 cm³/mol. The molecule has 8 nitrogen and oxygen atoms in total. The van der Waals surface area contributed by atoms with Crippen LogP contribution in [0.25, 0.3) is 10.8 Å².